The number of hydrogen-bond acceptors (Lipinski definition) is 10. The fourth-order valence-corrected chi connectivity index (χ4v) is 18.0. The summed E-state index contributed by atoms with van der Waals surface area (Å²) in [7, 11) is -2.89. The van der Waals surface area contributed by atoms with E-state index in [9.17, 15) is 10.2 Å². The van der Waals surface area contributed by atoms with Gasteiger partial charge in [-0.3, -0.25) is 0 Å². The molecule has 0 saturated heterocycles. The highest BCUT2D eigenvalue weighted by Crippen LogP contribution is 2.26. The van der Waals surface area contributed by atoms with Crippen LogP contribution < -0.4 is 0 Å². The molecule has 37 heavy (non-hydrogen) atoms. The third-order valence-corrected chi connectivity index (χ3v) is 16.7. The molecule has 10 nitrogen and oxygen atoms in total. The summed E-state index contributed by atoms with van der Waals surface area (Å²) < 4.78 is 45.1. The van der Waals surface area contributed by atoms with E-state index in [1.165, 1.54) is 0 Å². The lowest BCUT2D eigenvalue weighted by Crippen LogP contribution is -2.52. The average molecular weight is 589 g/mol. The Morgan fingerprint density at radius 1 is 0.514 bits per heavy atom. The highest BCUT2D eigenvalue weighted by atomic mass is 28.5. The normalized spacial score (nSPS) is 14.8. The molecule has 0 aromatic rings. The molecule has 0 aliphatic rings. The summed E-state index contributed by atoms with van der Waals surface area (Å²) >= 11 is 0. The molecule has 2 atom stereocenters. The van der Waals surface area contributed by atoms with Gasteiger partial charge in [0, 0.05) is 27.4 Å². The molecule has 224 valence electrons. The zero-order chi connectivity index (χ0) is 28.2. The largest absolute Gasteiger partial charge is 0.437 e. The van der Waals surface area contributed by atoms with Crippen molar-refractivity contribution in [2.75, 3.05) is 80.3 Å². The van der Waals surface area contributed by atoms with Gasteiger partial charge in [-0.15, -0.1) is 0 Å². The lowest BCUT2D eigenvalue weighted by atomic mass is 10.4. The molecule has 0 heterocycles. The summed E-state index contributed by atoms with van der Waals surface area (Å²) in [5.74, 6) is 0. The molecule has 0 aromatic carbocycles. The van der Waals surface area contributed by atoms with Crippen LogP contribution in [-0.4, -0.2) is 128 Å². The minimum atomic E-state index is -2.25. The van der Waals surface area contributed by atoms with Gasteiger partial charge in [-0.2, -0.15) is 0 Å². The van der Waals surface area contributed by atoms with Gasteiger partial charge in [-0.25, -0.2) is 0 Å². The third-order valence-electron chi connectivity index (χ3n) is 5.26. The van der Waals surface area contributed by atoms with E-state index in [1.54, 1.807) is 14.2 Å². The minimum absolute atomic E-state index is 0.258. The molecular weight excluding hydrogens is 533 g/mol. The SMILES string of the molecule is COCC(O)COCCOCCC[Si](C)(C)O[Si](C)(C)O[Si](C)(C)CCCOCCOCC(O)COC. The Balaban J connectivity index is 4.01. The molecule has 0 spiro atoms. The van der Waals surface area contributed by atoms with Gasteiger partial charge in [0.05, 0.1) is 52.9 Å². The summed E-state index contributed by atoms with van der Waals surface area (Å²) in [6, 6.07) is 2.03. The average Bonchev–Trinajstić information content (AvgIpc) is 2.76. The lowest BCUT2D eigenvalue weighted by Gasteiger charge is -2.38. The molecule has 0 fully saturated rings. The van der Waals surface area contributed by atoms with Crippen molar-refractivity contribution in [3.05, 3.63) is 0 Å². The van der Waals surface area contributed by atoms with Crippen LogP contribution in [0.3, 0.4) is 0 Å². The lowest BCUT2D eigenvalue weighted by molar-refractivity contribution is -0.0228. The van der Waals surface area contributed by atoms with Crippen molar-refractivity contribution in [3.63, 3.8) is 0 Å². The Bertz CT molecular complexity index is 497. The summed E-state index contributed by atoms with van der Waals surface area (Å²) in [6.45, 7) is 17.7. The quantitative estimate of drug-likeness (QED) is 0.115. The first-order valence-corrected chi connectivity index (χ1v) is 22.4. The number of methoxy groups -OCH3 is 2. The highest BCUT2D eigenvalue weighted by Gasteiger charge is 2.39. The third kappa shape index (κ3) is 23.8. The predicted octanol–water partition coefficient (Wildman–Crippen LogP) is 2.99. The minimum Gasteiger partial charge on any atom is -0.437 e. The van der Waals surface area contributed by atoms with Crippen molar-refractivity contribution in [2.24, 2.45) is 0 Å². The first-order chi connectivity index (χ1) is 17.3. The van der Waals surface area contributed by atoms with Crippen LogP contribution in [-0.2, 0) is 36.7 Å². The monoisotopic (exact) mass is 588 g/mol. The molecule has 0 bridgehead atoms. The van der Waals surface area contributed by atoms with E-state index in [0.717, 1.165) is 24.9 Å². The Kier molecular flexibility index (Phi) is 21.2. The number of hydrogen-bond donors (Lipinski definition) is 2. The van der Waals surface area contributed by atoms with E-state index >= 15 is 0 Å². The number of aliphatic hydroxyl groups is 2. The van der Waals surface area contributed by atoms with E-state index in [0.29, 0.717) is 39.6 Å². The van der Waals surface area contributed by atoms with E-state index in [4.69, 9.17) is 36.7 Å². The maximum atomic E-state index is 9.54. The van der Waals surface area contributed by atoms with Crippen LogP contribution in [0.1, 0.15) is 12.8 Å². The predicted molar refractivity (Wildman–Crippen MR) is 153 cm³/mol. The topological polar surface area (TPSA) is 114 Å². The van der Waals surface area contributed by atoms with Crippen LogP contribution in [0.25, 0.3) is 0 Å². The molecule has 2 N–H and O–H groups in total. The fraction of sp³-hybridized carbons (Fsp3) is 1.00. The first kappa shape index (κ1) is 37.3. The number of aliphatic hydroxyl groups excluding tert-OH is 2. The Morgan fingerprint density at radius 2 is 0.865 bits per heavy atom. The van der Waals surface area contributed by atoms with Crippen LogP contribution in [0.15, 0.2) is 0 Å². The second-order valence-electron chi connectivity index (χ2n) is 10.9. The van der Waals surface area contributed by atoms with Crippen molar-refractivity contribution in [1.82, 2.24) is 0 Å². The zero-order valence-corrected chi connectivity index (χ0v) is 27.7. The molecule has 0 aliphatic carbocycles. The summed E-state index contributed by atoms with van der Waals surface area (Å²) in [5, 5.41) is 19.1. The van der Waals surface area contributed by atoms with Crippen LogP contribution in [0.4, 0.5) is 0 Å². The van der Waals surface area contributed by atoms with Gasteiger partial charge >= 0.3 is 8.56 Å². The maximum Gasteiger partial charge on any atom is 0.311 e. The molecular formula is C24H56O10Si3. The Labute approximate surface area is 228 Å². The van der Waals surface area contributed by atoms with Gasteiger partial charge in [0.25, 0.3) is 0 Å². The molecule has 0 amide bonds. The van der Waals surface area contributed by atoms with Crippen molar-refractivity contribution in [1.29, 1.82) is 0 Å². The second-order valence-corrected chi connectivity index (χ2v) is 23.4. The molecule has 0 saturated carbocycles. The van der Waals surface area contributed by atoms with Crippen molar-refractivity contribution >= 4 is 25.2 Å². The van der Waals surface area contributed by atoms with E-state index < -0.39 is 37.4 Å². The van der Waals surface area contributed by atoms with Crippen LogP contribution >= 0.6 is 0 Å². The maximum absolute atomic E-state index is 9.54. The van der Waals surface area contributed by atoms with Gasteiger partial charge in [0.2, 0.25) is 0 Å². The van der Waals surface area contributed by atoms with Crippen LogP contribution in [0.2, 0.25) is 51.4 Å². The van der Waals surface area contributed by atoms with Crippen molar-refractivity contribution < 1.29 is 46.9 Å². The molecule has 0 aromatic heterocycles. The second kappa shape index (κ2) is 21.1. The number of rotatable bonds is 26. The molecule has 0 rings (SSSR count). The van der Waals surface area contributed by atoms with E-state index in [-0.39, 0.29) is 26.4 Å². The van der Waals surface area contributed by atoms with E-state index in [2.05, 4.69) is 39.3 Å². The van der Waals surface area contributed by atoms with Crippen LogP contribution in [0.5, 0.6) is 0 Å². The van der Waals surface area contributed by atoms with E-state index in [1.807, 2.05) is 0 Å². The van der Waals surface area contributed by atoms with Crippen molar-refractivity contribution in [3.8, 4) is 0 Å². The Hall–Kier alpha value is 0.251. The molecule has 0 radical (unpaired) electrons. The number of ether oxygens (including phenoxy) is 6. The fourth-order valence-electron chi connectivity index (χ4n) is 4.01. The summed E-state index contributed by atoms with van der Waals surface area (Å²) in [6.07, 6.45) is 0.707. The molecule has 2 unspecified atom stereocenters. The first-order valence-electron chi connectivity index (χ1n) is 13.4. The van der Waals surface area contributed by atoms with Gasteiger partial charge in [0.1, 0.15) is 12.2 Å². The molecule has 0 aliphatic heterocycles. The Morgan fingerprint density at radius 3 is 1.22 bits per heavy atom. The summed E-state index contributed by atoms with van der Waals surface area (Å²) in [4.78, 5) is 0. The smallest absolute Gasteiger partial charge is 0.311 e. The highest BCUT2D eigenvalue weighted by molar-refractivity contribution is 6.87. The van der Waals surface area contributed by atoms with Gasteiger partial charge in [-0.1, -0.05) is 0 Å². The van der Waals surface area contributed by atoms with Crippen LogP contribution in [0, 0.1) is 0 Å². The zero-order valence-electron chi connectivity index (χ0n) is 24.7. The van der Waals surface area contributed by atoms with Gasteiger partial charge < -0.3 is 46.9 Å². The van der Waals surface area contributed by atoms with Gasteiger partial charge in [-0.05, 0) is 64.2 Å². The van der Waals surface area contributed by atoms with Crippen molar-refractivity contribution in [2.45, 2.75) is 76.4 Å². The van der Waals surface area contributed by atoms with Gasteiger partial charge in [0.15, 0.2) is 16.6 Å². The molecule has 13 heteroatoms. The summed E-state index contributed by atoms with van der Waals surface area (Å²) in [5.41, 5.74) is 0. The standard InChI is InChI=1S/C24H56O10Si3/c1-27-19-23(25)21-31-15-13-29-11-9-17-35(3,4)33-37(7,8)34-36(5,6)18-10-12-30-14-16-32-22-24(26)20-28-2/h23-26H,9-22H2,1-8H3.